The van der Waals surface area contributed by atoms with Gasteiger partial charge in [0.1, 0.15) is 0 Å². The van der Waals surface area contributed by atoms with Gasteiger partial charge in [0.05, 0.1) is 12.0 Å². The summed E-state index contributed by atoms with van der Waals surface area (Å²) in [6, 6.07) is 8.01. The molecule has 1 aliphatic carbocycles. The topological polar surface area (TPSA) is 60.4 Å². The van der Waals surface area contributed by atoms with Gasteiger partial charge in [-0.25, -0.2) is 8.42 Å². The Morgan fingerprint density at radius 1 is 1.14 bits per heavy atom. The summed E-state index contributed by atoms with van der Waals surface area (Å²) in [5, 5.41) is -1.24. The van der Waals surface area contributed by atoms with E-state index in [0.717, 1.165) is 0 Å². The van der Waals surface area contributed by atoms with Crippen molar-refractivity contribution in [3.8, 4) is 0 Å². The summed E-state index contributed by atoms with van der Waals surface area (Å²) >= 11 is 0. The van der Waals surface area contributed by atoms with Crippen molar-refractivity contribution < 1.29 is 17.9 Å². The summed E-state index contributed by atoms with van der Waals surface area (Å²) in [7, 11) is -2.59. The van der Waals surface area contributed by atoms with Gasteiger partial charge in [-0.2, -0.15) is 0 Å². The molecule has 3 atom stereocenters. The molecule has 1 aliphatic rings. The second-order valence-electron chi connectivity index (χ2n) is 5.01. The number of carbonyl (C=O) groups is 1. The summed E-state index contributed by atoms with van der Waals surface area (Å²) < 4.78 is 30.4. The number of rotatable bonds is 4. The van der Waals surface area contributed by atoms with Crippen LogP contribution >= 0.6 is 0 Å². The van der Waals surface area contributed by atoms with Gasteiger partial charge in [-0.3, -0.25) is 4.79 Å². The molecule has 0 aromatic heterocycles. The van der Waals surface area contributed by atoms with Crippen LogP contribution in [0.4, 0.5) is 0 Å². The minimum absolute atomic E-state index is 0.0578. The number of sulfone groups is 1. The van der Waals surface area contributed by atoms with Crippen LogP contribution in [0.25, 0.3) is 0 Å². The third-order valence-electron chi connectivity index (χ3n) is 3.66. The molecule has 0 fully saturated rings. The first kappa shape index (κ1) is 15.5. The van der Waals surface area contributed by atoms with Crippen molar-refractivity contribution >= 4 is 15.8 Å². The molecule has 0 amide bonds. The number of hydrogen-bond donors (Lipinski definition) is 0. The fourth-order valence-corrected chi connectivity index (χ4v) is 4.41. The molecule has 1 aromatic rings. The zero-order valence-corrected chi connectivity index (χ0v) is 12.8. The van der Waals surface area contributed by atoms with E-state index >= 15 is 0 Å². The number of carbonyl (C=O) groups excluding carboxylic acids is 1. The number of hydrogen-bond acceptors (Lipinski definition) is 4. The standard InChI is InChI=1S/C16H18O4S/c1-12-8-6-7-11-14(12)15(16(17)20-2)21(18,19)13-9-4-3-5-10-13/h3-12,14-15H,1-2H3/t12-,14+,15?/m1/s1. The van der Waals surface area contributed by atoms with Gasteiger partial charge in [0.2, 0.25) is 0 Å². The highest BCUT2D eigenvalue weighted by molar-refractivity contribution is 7.92. The molecule has 0 radical (unpaired) electrons. The third kappa shape index (κ3) is 3.08. The van der Waals surface area contributed by atoms with E-state index in [1.54, 1.807) is 30.4 Å². The fourth-order valence-electron chi connectivity index (χ4n) is 2.48. The van der Waals surface area contributed by atoms with Gasteiger partial charge in [-0.15, -0.1) is 0 Å². The van der Waals surface area contributed by atoms with Gasteiger partial charge in [-0.05, 0) is 18.1 Å². The third-order valence-corrected chi connectivity index (χ3v) is 5.76. The smallest absolute Gasteiger partial charge is 0.325 e. The average molecular weight is 306 g/mol. The van der Waals surface area contributed by atoms with Crippen LogP contribution in [-0.2, 0) is 19.4 Å². The molecule has 4 nitrogen and oxygen atoms in total. The van der Waals surface area contributed by atoms with Crippen molar-refractivity contribution in [1.82, 2.24) is 0 Å². The zero-order chi connectivity index (χ0) is 15.5. The van der Waals surface area contributed by atoms with Crippen LogP contribution in [0, 0.1) is 11.8 Å². The minimum atomic E-state index is -3.80. The maximum atomic E-state index is 12.8. The quantitative estimate of drug-likeness (QED) is 0.801. The van der Waals surface area contributed by atoms with Crippen LogP contribution in [0.5, 0.6) is 0 Å². The normalized spacial score (nSPS) is 22.8. The first-order chi connectivity index (χ1) is 9.98. The molecule has 21 heavy (non-hydrogen) atoms. The first-order valence-electron chi connectivity index (χ1n) is 6.70. The lowest BCUT2D eigenvalue weighted by Gasteiger charge is -2.27. The molecule has 1 unspecified atom stereocenters. The first-order valence-corrected chi connectivity index (χ1v) is 8.25. The number of esters is 1. The lowest BCUT2D eigenvalue weighted by molar-refractivity contribution is -0.141. The molecule has 0 saturated carbocycles. The number of ether oxygens (including phenoxy) is 1. The van der Waals surface area contributed by atoms with Crippen molar-refractivity contribution in [3.05, 3.63) is 54.6 Å². The molecular formula is C16H18O4S. The Labute approximate surface area is 125 Å². The molecule has 0 spiro atoms. The van der Waals surface area contributed by atoms with Gasteiger partial charge >= 0.3 is 5.97 Å². The fraction of sp³-hybridized carbons (Fsp3) is 0.312. The molecule has 0 bridgehead atoms. The molecule has 0 heterocycles. The van der Waals surface area contributed by atoms with Crippen LogP contribution in [0.2, 0.25) is 0 Å². The second kappa shape index (κ2) is 6.26. The molecule has 1 aromatic carbocycles. The Kier molecular flexibility index (Phi) is 4.63. The zero-order valence-electron chi connectivity index (χ0n) is 12.0. The summed E-state index contributed by atoms with van der Waals surface area (Å²) in [6.07, 6.45) is 7.26. The molecule has 0 N–H and O–H groups in total. The maximum absolute atomic E-state index is 12.8. The molecule has 0 saturated heterocycles. The van der Waals surface area contributed by atoms with E-state index in [-0.39, 0.29) is 10.8 Å². The van der Waals surface area contributed by atoms with Crippen LogP contribution in [0.15, 0.2) is 59.5 Å². The highest BCUT2D eigenvalue weighted by Gasteiger charge is 2.42. The Morgan fingerprint density at radius 3 is 2.33 bits per heavy atom. The van der Waals surface area contributed by atoms with Crippen molar-refractivity contribution in [1.29, 1.82) is 0 Å². The average Bonchev–Trinajstić information content (AvgIpc) is 2.50. The number of allylic oxidation sites excluding steroid dienone is 4. The van der Waals surface area contributed by atoms with Crippen molar-refractivity contribution in [2.45, 2.75) is 17.1 Å². The molecule has 112 valence electrons. The minimum Gasteiger partial charge on any atom is -0.468 e. The van der Waals surface area contributed by atoms with E-state index in [2.05, 4.69) is 0 Å². The second-order valence-corrected chi connectivity index (χ2v) is 7.08. The van der Waals surface area contributed by atoms with Crippen molar-refractivity contribution in [3.63, 3.8) is 0 Å². The predicted octanol–water partition coefficient (Wildman–Crippen LogP) is 2.38. The lowest BCUT2D eigenvalue weighted by Crippen LogP contribution is -2.40. The largest absolute Gasteiger partial charge is 0.468 e. The molecular weight excluding hydrogens is 288 g/mol. The summed E-state index contributed by atoms with van der Waals surface area (Å²) in [5.41, 5.74) is 0. The van der Waals surface area contributed by atoms with Gasteiger partial charge in [0.25, 0.3) is 0 Å². The monoisotopic (exact) mass is 306 g/mol. The van der Waals surface area contributed by atoms with Gasteiger partial charge in [0, 0.05) is 5.92 Å². The van der Waals surface area contributed by atoms with Gasteiger partial charge < -0.3 is 4.74 Å². The van der Waals surface area contributed by atoms with Gasteiger partial charge in [0.15, 0.2) is 15.1 Å². The van der Waals surface area contributed by atoms with E-state index in [1.807, 2.05) is 19.1 Å². The van der Waals surface area contributed by atoms with E-state index in [1.165, 1.54) is 19.2 Å². The lowest BCUT2D eigenvalue weighted by atomic mass is 9.87. The summed E-state index contributed by atoms with van der Waals surface area (Å²) in [4.78, 5) is 12.3. The summed E-state index contributed by atoms with van der Waals surface area (Å²) in [6.45, 7) is 1.89. The predicted molar refractivity (Wildman–Crippen MR) is 80.4 cm³/mol. The summed E-state index contributed by atoms with van der Waals surface area (Å²) in [5.74, 6) is -1.22. The van der Waals surface area contributed by atoms with E-state index < -0.39 is 27.0 Å². The molecule has 0 aliphatic heterocycles. The SMILES string of the molecule is COC(=O)C([C@H]1C=CC=C[C@H]1C)S(=O)(=O)c1ccccc1. The Balaban J connectivity index is 2.49. The Bertz CT molecular complexity index is 659. The van der Waals surface area contributed by atoms with Crippen LogP contribution in [-0.4, -0.2) is 26.7 Å². The number of benzene rings is 1. The van der Waals surface area contributed by atoms with E-state index in [0.29, 0.717) is 0 Å². The maximum Gasteiger partial charge on any atom is 0.325 e. The highest BCUT2D eigenvalue weighted by Crippen LogP contribution is 2.31. The Hall–Kier alpha value is -1.88. The van der Waals surface area contributed by atoms with Crippen molar-refractivity contribution in [2.75, 3.05) is 7.11 Å². The van der Waals surface area contributed by atoms with Crippen LogP contribution in [0.1, 0.15) is 6.92 Å². The highest BCUT2D eigenvalue weighted by atomic mass is 32.2. The van der Waals surface area contributed by atoms with E-state index in [9.17, 15) is 13.2 Å². The van der Waals surface area contributed by atoms with Gasteiger partial charge in [-0.1, -0.05) is 49.4 Å². The van der Waals surface area contributed by atoms with Crippen LogP contribution in [0.3, 0.4) is 0 Å². The number of methoxy groups -OCH3 is 1. The van der Waals surface area contributed by atoms with Crippen LogP contribution < -0.4 is 0 Å². The van der Waals surface area contributed by atoms with Crippen molar-refractivity contribution in [2.24, 2.45) is 11.8 Å². The Morgan fingerprint density at radius 2 is 1.76 bits per heavy atom. The molecule has 5 heteroatoms. The molecule has 2 rings (SSSR count). The van der Waals surface area contributed by atoms with E-state index in [4.69, 9.17) is 4.74 Å².